The molecule has 2 atom stereocenters. The summed E-state index contributed by atoms with van der Waals surface area (Å²) in [5, 5.41) is 22.4. The van der Waals surface area contributed by atoms with Crippen molar-refractivity contribution in [1.82, 2.24) is 0 Å². The fourth-order valence-corrected chi connectivity index (χ4v) is 2.42. The molecule has 0 aromatic heterocycles. The van der Waals surface area contributed by atoms with Gasteiger partial charge in [0.2, 0.25) is 5.82 Å². The molecule has 0 aliphatic heterocycles. The second-order valence-electron chi connectivity index (χ2n) is 4.73. The van der Waals surface area contributed by atoms with Crippen LogP contribution in [0.1, 0.15) is 19.3 Å². The highest BCUT2D eigenvalue weighted by Gasteiger charge is 2.31. The van der Waals surface area contributed by atoms with Crippen LogP contribution < -0.4 is 5.32 Å². The number of hydrogen-bond acceptors (Lipinski definition) is 4. The summed E-state index contributed by atoms with van der Waals surface area (Å²) in [6.07, 6.45) is 1.18. The van der Waals surface area contributed by atoms with Gasteiger partial charge in [0, 0.05) is 18.2 Å². The lowest BCUT2D eigenvalue weighted by molar-refractivity contribution is -0.386. The number of carboxylic acids is 1. The zero-order chi connectivity index (χ0) is 14.9. The summed E-state index contributed by atoms with van der Waals surface area (Å²) in [5.41, 5.74) is -1.09. The maximum absolute atomic E-state index is 13.4. The van der Waals surface area contributed by atoms with E-state index in [1.165, 1.54) is 0 Å². The first-order chi connectivity index (χ1) is 9.38. The molecule has 6 nitrogen and oxygen atoms in total. The Kier molecular flexibility index (Phi) is 3.82. The maximum atomic E-state index is 13.4. The molecule has 0 heterocycles. The molecule has 1 aliphatic rings. The molecule has 1 saturated carbocycles. The quantitative estimate of drug-likeness (QED) is 0.655. The molecule has 0 amide bonds. The van der Waals surface area contributed by atoms with Crippen LogP contribution in [-0.4, -0.2) is 22.0 Å². The summed E-state index contributed by atoms with van der Waals surface area (Å²) < 4.78 is 26.6. The SMILES string of the molecule is O=C(O)C1CCC(Nc2cc(F)cc(F)c2[N+](=O)[O-])C1. The van der Waals surface area contributed by atoms with E-state index in [1.54, 1.807) is 0 Å². The van der Waals surface area contributed by atoms with Crippen molar-refractivity contribution in [2.75, 3.05) is 5.32 Å². The van der Waals surface area contributed by atoms with Crippen LogP contribution in [0.15, 0.2) is 12.1 Å². The minimum atomic E-state index is -1.26. The van der Waals surface area contributed by atoms with Crippen LogP contribution in [0.3, 0.4) is 0 Å². The predicted octanol–water partition coefficient (Wildman–Crippen LogP) is 2.54. The number of rotatable bonds is 4. The van der Waals surface area contributed by atoms with Crippen molar-refractivity contribution in [3.63, 3.8) is 0 Å². The molecule has 0 bridgehead atoms. The highest BCUT2D eigenvalue weighted by molar-refractivity contribution is 5.71. The van der Waals surface area contributed by atoms with Crippen molar-refractivity contribution in [3.8, 4) is 0 Å². The first kappa shape index (κ1) is 14.2. The van der Waals surface area contributed by atoms with Crippen molar-refractivity contribution in [2.24, 2.45) is 5.92 Å². The summed E-state index contributed by atoms with van der Waals surface area (Å²) in [6.45, 7) is 0. The first-order valence-electron chi connectivity index (χ1n) is 6.01. The molecule has 108 valence electrons. The zero-order valence-corrected chi connectivity index (χ0v) is 10.3. The number of aliphatic carboxylic acids is 1. The standard InChI is InChI=1S/C12H12F2N2O4/c13-7-4-9(14)11(16(19)20)10(5-7)15-8-2-1-6(3-8)12(17)18/h4-6,8,15H,1-3H2,(H,17,18). The van der Waals surface area contributed by atoms with Crippen LogP contribution in [0.5, 0.6) is 0 Å². The molecular formula is C12H12F2N2O4. The van der Waals surface area contributed by atoms with E-state index < -0.39 is 34.1 Å². The van der Waals surface area contributed by atoms with E-state index >= 15 is 0 Å². The average Bonchev–Trinajstić information content (AvgIpc) is 2.75. The number of nitrogens with zero attached hydrogens (tertiary/aromatic N) is 1. The lowest BCUT2D eigenvalue weighted by atomic mass is 10.1. The lowest BCUT2D eigenvalue weighted by Crippen LogP contribution is -2.19. The van der Waals surface area contributed by atoms with Crippen molar-refractivity contribution in [1.29, 1.82) is 0 Å². The summed E-state index contributed by atoms with van der Waals surface area (Å²) in [6, 6.07) is 0.934. The molecular weight excluding hydrogens is 274 g/mol. The Balaban J connectivity index is 2.21. The summed E-state index contributed by atoms with van der Waals surface area (Å²) in [7, 11) is 0. The van der Waals surface area contributed by atoms with Gasteiger partial charge in [-0.3, -0.25) is 14.9 Å². The van der Waals surface area contributed by atoms with Gasteiger partial charge in [-0.05, 0) is 19.3 Å². The molecule has 0 spiro atoms. The molecule has 2 rings (SSSR count). The van der Waals surface area contributed by atoms with Crippen LogP contribution in [0, 0.1) is 27.7 Å². The average molecular weight is 286 g/mol. The summed E-state index contributed by atoms with van der Waals surface area (Å²) >= 11 is 0. The smallest absolute Gasteiger partial charge is 0.327 e. The summed E-state index contributed by atoms with van der Waals surface area (Å²) in [4.78, 5) is 20.7. The van der Waals surface area contributed by atoms with Crippen LogP contribution in [0.4, 0.5) is 20.2 Å². The Morgan fingerprint density at radius 2 is 2.10 bits per heavy atom. The van der Waals surface area contributed by atoms with Crippen molar-refractivity contribution < 1.29 is 23.6 Å². The van der Waals surface area contributed by atoms with Crippen LogP contribution >= 0.6 is 0 Å². The normalized spacial score (nSPS) is 21.7. The van der Waals surface area contributed by atoms with E-state index in [2.05, 4.69) is 5.32 Å². The van der Waals surface area contributed by atoms with Gasteiger partial charge in [-0.1, -0.05) is 0 Å². The molecule has 8 heteroatoms. The molecule has 0 radical (unpaired) electrons. The van der Waals surface area contributed by atoms with Crippen LogP contribution in [0.25, 0.3) is 0 Å². The fraction of sp³-hybridized carbons (Fsp3) is 0.417. The van der Waals surface area contributed by atoms with Crippen LogP contribution in [0.2, 0.25) is 0 Å². The fourth-order valence-electron chi connectivity index (χ4n) is 2.42. The minimum absolute atomic E-state index is 0.261. The monoisotopic (exact) mass is 286 g/mol. The van der Waals surface area contributed by atoms with E-state index in [-0.39, 0.29) is 18.2 Å². The molecule has 1 aromatic carbocycles. The number of nitro groups is 1. The minimum Gasteiger partial charge on any atom is -0.481 e. The van der Waals surface area contributed by atoms with Crippen LogP contribution in [-0.2, 0) is 4.79 Å². The van der Waals surface area contributed by atoms with Gasteiger partial charge in [0.15, 0.2) is 0 Å². The molecule has 2 unspecified atom stereocenters. The lowest BCUT2D eigenvalue weighted by Gasteiger charge is -2.14. The molecule has 2 N–H and O–H groups in total. The Bertz CT molecular complexity index is 565. The third-order valence-electron chi connectivity index (χ3n) is 3.35. The molecule has 0 saturated heterocycles. The number of anilines is 1. The molecule has 1 aromatic rings. The largest absolute Gasteiger partial charge is 0.481 e. The van der Waals surface area contributed by atoms with Gasteiger partial charge in [-0.25, -0.2) is 4.39 Å². The first-order valence-corrected chi connectivity index (χ1v) is 6.01. The third-order valence-corrected chi connectivity index (χ3v) is 3.35. The Morgan fingerprint density at radius 1 is 1.40 bits per heavy atom. The number of hydrogen-bond donors (Lipinski definition) is 2. The maximum Gasteiger partial charge on any atom is 0.327 e. The van der Waals surface area contributed by atoms with E-state index in [1.807, 2.05) is 0 Å². The van der Waals surface area contributed by atoms with Gasteiger partial charge in [0.25, 0.3) is 0 Å². The van der Waals surface area contributed by atoms with E-state index in [9.17, 15) is 23.7 Å². The number of nitrogens with one attached hydrogen (secondary N) is 1. The van der Waals surface area contributed by atoms with Gasteiger partial charge in [-0.15, -0.1) is 0 Å². The zero-order valence-electron chi connectivity index (χ0n) is 10.3. The van der Waals surface area contributed by atoms with Crippen molar-refractivity contribution in [3.05, 3.63) is 33.9 Å². The van der Waals surface area contributed by atoms with E-state index in [4.69, 9.17) is 5.11 Å². The Morgan fingerprint density at radius 3 is 2.65 bits per heavy atom. The highest BCUT2D eigenvalue weighted by atomic mass is 19.1. The van der Waals surface area contributed by atoms with Gasteiger partial charge < -0.3 is 10.4 Å². The second kappa shape index (κ2) is 5.40. The third kappa shape index (κ3) is 2.84. The highest BCUT2D eigenvalue weighted by Crippen LogP contribution is 2.33. The van der Waals surface area contributed by atoms with Gasteiger partial charge in [-0.2, -0.15) is 4.39 Å². The van der Waals surface area contributed by atoms with Gasteiger partial charge >= 0.3 is 11.7 Å². The topological polar surface area (TPSA) is 92.5 Å². The number of carbonyl (C=O) groups is 1. The Hall–Kier alpha value is -2.25. The van der Waals surface area contributed by atoms with E-state index in [0.29, 0.717) is 18.9 Å². The van der Waals surface area contributed by atoms with Gasteiger partial charge in [0.1, 0.15) is 11.5 Å². The predicted molar refractivity (Wildman–Crippen MR) is 65.4 cm³/mol. The van der Waals surface area contributed by atoms with E-state index in [0.717, 1.165) is 6.07 Å². The van der Waals surface area contributed by atoms with Gasteiger partial charge in [0.05, 0.1) is 10.8 Å². The summed E-state index contributed by atoms with van der Waals surface area (Å²) in [5.74, 6) is -3.66. The second-order valence-corrected chi connectivity index (χ2v) is 4.73. The number of nitro benzene ring substituents is 1. The molecule has 1 fully saturated rings. The molecule has 1 aliphatic carbocycles. The van der Waals surface area contributed by atoms with Crippen molar-refractivity contribution >= 4 is 17.3 Å². The number of carboxylic acid groups (broad SMARTS) is 1. The van der Waals surface area contributed by atoms with Crippen molar-refractivity contribution in [2.45, 2.75) is 25.3 Å². The number of benzene rings is 1. The Labute approximate surface area is 112 Å². The number of halogens is 2. The molecule has 20 heavy (non-hydrogen) atoms.